The topological polar surface area (TPSA) is 116 Å². The third kappa shape index (κ3) is 5.44. The number of halogens is 2. The number of carboxylic acid groups (broad SMARTS) is 1. The van der Waals surface area contributed by atoms with Crippen LogP contribution in [0.5, 0.6) is 11.8 Å². The van der Waals surface area contributed by atoms with Crippen molar-refractivity contribution in [2.75, 3.05) is 19.5 Å². The van der Waals surface area contributed by atoms with Crippen LogP contribution in [0.15, 0.2) is 42.5 Å². The molecule has 1 fully saturated rings. The molecule has 1 aliphatic rings. The average Bonchev–Trinajstić information content (AvgIpc) is 3.31. The number of ether oxygens (including phenoxy) is 2. The predicted molar refractivity (Wildman–Crippen MR) is 148 cm³/mol. The van der Waals surface area contributed by atoms with Gasteiger partial charge in [0, 0.05) is 23.9 Å². The van der Waals surface area contributed by atoms with Crippen LogP contribution in [0.2, 0.25) is 0 Å². The molecule has 4 aromatic rings. The van der Waals surface area contributed by atoms with Crippen molar-refractivity contribution in [3.8, 4) is 23.1 Å². The summed E-state index contributed by atoms with van der Waals surface area (Å²) in [5.74, 6) is -2.97. The molecule has 11 heteroatoms. The van der Waals surface area contributed by atoms with Crippen molar-refractivity contribution in [1.82, 2.24) is 14.5 Å². The molecule has 5 rings (SSSR count). The van der Waals surface area contributed by atoms with Gasteiger partial charge in [0.05, 0.1) is 36.4 Å². The van der Waals surface area contributed by atoms with Crippen LogP contribution in [-0.4, -0.2) is 45.7 Å². The van der Waals surface area contributed by atoms with E-state index in [9.17, 15) is 23.5 Å². The highest BCUT2D eigenvalue weighted by atomic mass is 19.2. The first-order chi connectivity index (χ1) is 19.7. The summed E-state index contributed by atoms with van der Waals surface area (Å²) in [5, 5.41) is 12.3. The van der Waals surface area contributed by atoms with Gasteiger partial charge in [-0.1, -0.05) is 19.3 Å². The molecule has 0 spiro atoms. The summed E-state index contributed by atoms with van der Waals surface area (Å²) in [6.45, 7) is 1.71. The molecular weight excluding hydrogens is 534 g/mol. The lowest BCUT2D eigenvalue weighted by Crippen LogP contribution is -2.34. The van der Waals surface area contributed by atoms with Crippen molar-refractivity contribution in [2.45, 2.75) is 45.1 Å². The summed E-state index contributed by atoms with van der Waals surface area (Å²) < 4.78 is 41.5. The van der Waals surface area contributed by atoms with Crippen molar-refractivity contribution in [2.24, 2.45) is 5.92 Å². The number of methoxy groups -OCH3 is 2. The number of pyridine rings is 1. The molecule has 1 unspecified atom stereocenters. The molecular formula is C30H30F2N4O5. The van der Waals surface area contributed by atoms with Gasteiger partial charge in [-0.25, -0.2) is 18.6 Å². The SMILES string of the molecule is COc1ccc(-c2nc3cc(F)c(F)cc3n2C(C(=O)Nc2ccc(C(=O)O)cc2C)C2CCCCC2)c(OC)n1. The Bertz CT molecular complexity index is 1630. The van der Waals surface area contributed by atoms with E-state index in [4.69, 9.17) is 9.47 Å². The van der Waals surface area contributed by atoms with Crippen LogP contribution in [0.3, 0.4) is 0 Å². The van der Waals surface area contributed by atoms with E-state index in [0.29, 0.717) is 22.7 Å². The van der Waals surface area contributed by atoms with E-state index in [-0.39, 0.29) is 40.1 Å². The minimum atomic E-state index is -1.07. The number of nitrogens with zero attached hydrogens (tertiary/aromatic N) is 3. The average molecular weight is 565 g/mol. The second-order valence-electron chi connectivity index (χ2n) is 10.1. The number of aromatic nitrogens is 3. The largest absolute Gasteiger partial charge is 0.481 e. The van der Waals surface area contributed by atoms with Crippen molar-refractivity contribution >= 4 is 28.6 Å². The lowest BCUT2D eigenvalue weighted by atomic mass is 9.83. The summed E-state index contributed by atoms with van der Waals surface area (Å²) >= 11 is 0. The molecule has 1 saturated carbocycles. The number of nitrogens with one attached hydrogen (secondary N) is 1. The highest BCUT2D eigenvalue weighted by Gasteiger charge is 2.35. The highest BCUT2D eigenvalue weighted by molar-refractivity contribution is 5.97. The van der Waals surface area contributed by atoms with Gasteiger partial charge in [0.1, 0.15) is 11.9 Å². The zero-order valence-electron chi connectivity index (χ0n) is 22.9. The van der Waals surface area contributed by atoms with Gasteiger partial charge in [-0.2, -0.15) is 4.98 Å². The molecule has 0 radical (unpaired) electrons. The second-order valence-corrected chi connectivity index (χ2v) is 10.1. The molecule has 1 amide bonds. The number of rotatable bonds is 8. The number of anilines is 1. The molecule has 2 heterocycles. The number of aryl methyl sites for hydroxylation is 1. The fourth-order valence-corrected chi connectivity index (χ4v) is 5.56. The Morgan fingerprint density at radius 3 is 2.39 bits per heavy atom. The minimum absolute atomic E-state index is 0.101. The van der Waals surface area contributed by atoms with Crippen LogP contribution in [0, 0.1) is 24.5 Å². The van der Waals surface area contributed by atoms with E-state index in [1.165, 1.54) is 26.4 Å². The highest BCUT2D eigenvalue weighted by Crippen LogP contribution is 2.41. The second kappa shape index (κ2) is 11.5. The van der Waals surface area contributed by atoms with Crippen LogP contribution in [0.1, 0.15) is 54.1 Å². The van der Waals surface area contributed by atoms with Crippen molar-refractivity contribution < 1.29 is 33.0 Å². The summed E-state index contributed by atoms with van der Waals surface area (Å²) in [7, 11) is 2.91. The van der Waals surface area contributed by atoms with Crippen LogP contribution in [0.25, 0.3) is 22.4 Å². The van der Waals surface area contributed by atoms with Gasteiger partial charge >= 0.3 is 5.97 Å². The van der Waals surface area contributed by atoms with E-state index in [0.717, 1.165) is 44.2 Å². The molecule has 0 saturated heterocycles. The molecule has 2 aromatic heterocycles. The number of hydrogen-bond donors (Lipinski definition) is 2. The summed E-state index contributed by atoms with van der Waals surface area (Å²) in [4.78, 5) is 34.6. The van der Waals surface area contributed by atoms with Crippen molar-refractivity contribution in [3.05, 3.63) is 65.2 Å². The normalized spacial score (nSPS) is 14.6. The molecule has 9 nitrogen and oxygen atoms in total. The molecule has 0 aliphatic heterocycles. The molecule has 1 atom stereocenters. The lowest BCUT2D eigenvalue weighted by molar-refractivity contribution is -0.121. The fourth-order valence-electron chi connectivity index (χ4n) is 5.56. The quantitative estimate of drug-likeness (QED) is 0.263. The summed E-state index contributed by atoms with van der Waals surface area (Å²) in [5.41, 5.74) is 1.97. The number of carboxylic acids is 1. The fraction of sp³-hybridized carbons (Fsp3) is 0.333. The van der Waals surface area contributed by atoms with Crippen LogP contribution in [0.4, 0.5) is 14.5 Å². The van der Waals surface area contributed by atoms with E-state index in [1.807, 2.05) is 0 Å². The molecule has 41 heavy (non-hydrogen) atoms. The van der Waals surface area contributed by atoms with E-state index in [1.54, 1.807) is 29.7 Å². The molecule has 2 N–H and O–H groups in total. The zero-order chi connectivity index (χ0) is 29.3. The molecule has 214 valence electrons. The Morgan fingerprint density at radius 1 is 1.00 bits per heavy atom. The number of fused-ring (bicyclic) bond motifs is 1. The predicted octanol–water partition coefficient (Wildman–Crippen LogP) is 6.16. The Hall–Kier alpha value is -4.54. The number of amides is 1. The standard InChI is InChI=1S/C30H30F2N4O5/c1-16-13-18(30(38)39)9-11-22(16)34-28(37)26(17-7-5-4-6-8-17)36-24-15-21(32)20(31)14-23(24)33-27(36)19-10-12-25(40-2)35-29(19)41-3/h9-15,17,26H,4-8H2,1-3H3,(H,34,37)(H,38,39). The Labute approximate surface area is 235 Å². The number of carbonyl (C=O) groups excluding carboxylic acids is 1. The van der Waals surface area contributed by atoms with E-state index in [2.05, 4.69) is 15.3 Å². The molecule has 2 aromatic carbocycles. The monoisotopic (exact) mass is 564 g/mol. The van der Waals surface area contributed by atoms with Crippen molar-refractivity contribution in [1.29, 1.82) is 0 Å². The molecule has 0 bridgehead atoms. The van der Waals surface area contributed by atoms with Crippen LogP contribution in [-0.2, 0) is 4.79 Å². The van der Waals surface area contributed by atoms with E-state index >= 15 is 0 Å². The summed E-state index contributed by atoms with van der Waals surface area (Å²) in [6.07, 6.45) is 4.36. The third-order valence-corrected chi connectivity index (χ3v) is 7.58. The van der Waals surface area contributed by atoms with Gasteiger partial charge in [-0.15, -0.1) is 0 Å². The van der Waals surface area contributed by atoms with Gasteiger partial charge in [0.25, 0.3) is 0 Å². The maximum Gasteiger partial charge on any atom is 0.335 e. The van der Waals surface area contributed by atoms with Crippen molar-refractivity contribution in [3.63, 3.8) is 0 Å². The number of aromatic carboxylic acids is 1. The number of hydrogen-bond acceptors (Lipinski definition) is 6. The maximum atomic E-state index is 14.7. The first-order valence-electron chi connectivity index (χ1n) is 13.3. The van der Waals surface area contributed by atoms with Crippen LogP contribution >= 0.6 is 0 Å². The number of imidazole rings is 1. The first kappa shape index (κ1) is 28.0. The van der Waals surface area contributed by atoms with E-state index < -0.39 is 23.6 Å². The lowest BCUT2D eigenvalue weighted by Gasteiger charge is -2.32. The molecule has 1 aliphatic carbocycles. The Kier molecular flexibility index (Phi) is 7.87. The summed E-state index contributed by atoms with van der Waals surface area (Å²) in [6, 6.07) is 8.96. The minimum Gasteiger partial charge on any atom is -0.481 e. The Morgan fingerprint density at radius 2 is 1.73 bits per heavy atom. The van der Waals surface area contributed by atoms with Gasteiger partial charge < -0.3 is 24.5 Å². The maximum absolute atomic E-state index is 14.7. The first-order valence-corrected chi connectivity index (χ1v) is 13.3. The smallest absolute Gasteiger partial charge is 0.335 e. The van der Waals surface area contributed by atoms with Gasteiger partial charge in [-0.3, -0.25) is 4.79 Å². The number of benzene rings is 2. The Balaban J connectivity index is 1.71. The van der Waals surface area contributed by atoms with Gasteiger partial charge in [0.15, 0.2) is 11.6 Å². The van der Waals surface area contributed by atoms with Gasteiger partial charge in [-0.05, 0) is 55.5 Å². The van der Waals surface area contributed by atoms with Crippen LogP contribution < -0.4 is 14.8 Å². The number of carbonyl (C=O) groups is 2. The zero-order valence-corrected chi connectivity index (χ0v) is 22.9. The third-order valence-electron chi connectivity index (χ3n) is 7.58. The van der Waals surface area contributed by atoms with Gasteiger partial charge in [0.2, 0.25) is 17.7 Å².